The monoisotopic (exact) mass is 259 g/mol. The van der Waals surface area contributed by atoms with Crippen molar-refractivity contribution in [2.45, 2.75) is 11.3 Å². The summed E-state index contributed by atoms with van der Waals surface area (Å²) < 4.78 is 0. The zero-order valence-electron chi connectivity index (χ0n) is 10.3. The number of anilines is 1. The molecule has 0 saturated heterocycles. The summed E-state index contributed by atoms with van der Waals surface area (Å²) >= 11 is 1.71. The van der Waals surface area contributed by atoms with E-state index in [4.69, 9.17) is 5.11 Å². The Balaban J connectivity index is 2.45. The van der Waals surface area contributed by atoms with Gasteiger partial charge in [0.2, 0.25) is 0 Å². The van der Waals surface area contributed by atoms with Gasteiger partial charge < -0.3 is 10.0 Å². The van der Waals surface area contributed by atoms with Gasteiger partial charge in [0.15, 0.2) is 0 Å². The lowest BCUT2D eigenvalue weighted by Crippen LogP contribution is -2.26. The molecule has 1 aromatic rings. The normalized spacial score (nSPS) is 14.4. The van der Waals surface area contributed by atoms with Crippen molar-refractivity contribution in [3.05, 3.63) is 60.2 Å². The Hall–Kier alpha value is -1.45. The first-order chi connectivity index (χ1) is 8.81. The van der Waals surface area contributed by atoms with Crippen LogP contribution in [0.1, 0.15) is 6.42 Å². The molecule has 94 valence electrons. The summed E-state index contributed by atoms with van der Waals surface area (Å²) in [6, 6.07) is 8.28. The lowest BCUT2D eigenvalue weighted by atomic mass is 10.2. The maximum absolute atomic E-state index is 9.03. The fourth-order valence-corrected chi connectivity index (χ4v) is 3.07. The molecule has 0 aliphatic carbocycles. The average molecular weight is 259 g/mol. The highest BCUT2D eigenvalue weighted by atomic mass is 32.2. The second kappa shape index (κ2) is 5.94. The summed E-state index contributed by atoms with van der Waals surface area (Å²) in [5.41, 5.74) is 2.25. The van der Waals surface area contributed by atoms with Gasteiger partial charge in [0.25, 0.3) is 0 Å². The molecule has 1 aliphatic rings. The average Bonchev–Trinajstić information content (AvgIpc) is 2.43. The summed E-state index contributed by atoms with van der Waals surface area (Å²) in [5.74, 6) is 0. The Kier molecular flexibility index (Phi) is 4.28. The first kappa shape index (κ1) is 13.0. The van der Waals surface area contributed by atoms with E-state index >= 15 is 0 Å². The van der Waals surface area contributed by atoms with Gasteiger partial charge in [-0.1, -0.05) is 43.1 Å². The largest absolute Gasteiger partial charge is 0.396 e. The van der Waals surface area contributed by atoms with Crippen LogP contribution in [0.5, 0.6) is 0 Å². The molecule has 0 radical (unpaired) electrons. The van der Waals surface area contributed by atoms with E-state index in [9.17, 15) is 0 Å². The van der Waals surface area contributed by atoms with E-state index in [2.05, 4.69) is 30.2 Å². The van der Waals surface area contributed by atoms with Gasteiger partial charge in [0.05, 0.1) is 11.4 Å². The number of benzene rings is 1. The summed E-state index contributed by atoms with van der Waals surface area (Å²) in [6.07, 6.45) is 4.46. The number of para-hydroxylation sites is 1. The van der Waals surface area contributed by atoms with Gasteiger partial charge in [-0.05, 0) is 24.6 Å². The standard InChI is InChI=1S/C15H17NOS/c1-3-12-14(4-2)18-15-9-6-5-8-13(15)16(12)10-7-11-17/h3-6,8-9,17H,1-2,7,10-11H2. The number of hydrogen-bond acceptors (Lipinski definition) is 3. The summed E-state index contributed by atoms with van der Waals surface area (Å²) in [6.45, 7) is 8.74. The molecule has 3 heteroatoms. The summed E-state index contributed by atoms with van der Waals surface area (Å²) in [5, 5.41) is 9.03. The SMILES string of the molecule is C=CC1=C(C=C)N(CCCO)c2ccccc2S1. The zero-order chi connectivity index (χ0) is 13.0. The van der Waals surface area contributed by atoms with E-state index in [0.29, 0.717) is 0 Å². The van der Waals surface area contributed by atoms with Crippen LogP contribution in [0.15, 0.2) is 65.1 Å². The first-order valence-corrected chi connectivity index (χ1v) is 6.78. The van der Waals surface area contributed by atoms with E-state index in [1.165, 1.54) is 10.6 Å². The van der Waals surface area contributed by atoms with Crippen LogP contribution in [0.25, 0.3) is 0 Å². The number of nitrogens with zero attached hydrogens (tertiary/aromatic N) is 1. The molecule has 0 aromatic heterocycles. The van der Waals surface area contributed by atoms with Crippen LogP contribution in [-0.2, 0) is 0 Å². The first-order valence-electron chi connectivity index (χ1n) is 5.96. The molecule has 0 fully saturated rings. The number of fused-ring (bicyclic) bond motifs is 1. The van der Waals surface area contributed by atoms with Crippen molar-refractivity contribution in [3.63, 3.8) is 0 Å². The van der Waals surface area contributed by atoms with Crippen LogP contribution in [0.4, 0.5) is 5.69 Å². The molecule has 0 spiro atoms. The Morgan fingerprint density at radius 2 is 2.00 bits per heavy atom. The van der Waals surface area contributed by atoms with Crippen LogP contribution < -0.4 is 4.90 Å². The predicted octanol–water partition coefficient (Wildman–Crippen LogP) is 3.56. The fourth-order valence-electron chi connectivity index (χ4n) is 2.03. The Morgan fingerprint density at radius 1 is 1.22 bits per heavy atom. The lowest BCUT2D eigenvalue weighted by molar-refractivity contribution is 0.290. The molecule has 1 aromatic carbocycles. The van der Waals surface area contributed by atoms with Crippen molar-refractivity contribution >= 4 is 17.4 Å². The second-order valence-electron chi connectivity index (χ2n) is 3.96. The molecule has 0 atom stereocenters. The fraction of sp³-hybridized carbons (Fsp3) is 0.200. The molecule has 0 unspecified atom stereocenters. The van der Waals surface area contributed by atoms with Gasteiger partial charge in [-0.2, -0.15) is 0 Å². The highest BCUT2D eigenvalue weighted by Crippen LogP contribution is 2.43. The molecule has 0 bridgehead atoms. The Morgan fingerprint density at radius 3 is 2.67 bits per heavy atom. The van der Waals surface area contributed by atoms with Gasteiger partial charge in [0.1, 0.15) is 0 Å². The van der Waals surface area contributed by atoms with Gasteiger partial charge in [-0.15, -0.1) is 0 Å². The number of aliphatic hydroxyl groups is 1. The molecule has 2 rings (SSSR count). The van der Waals surface area contributed by atoms with Crippen LogP contribution in [0, 0.1) is 0 Å². The molecular formula is C15H17NOS. The van der Waals surface area contributed by atoms with Crippen LogP contribution in [0.3, 0.4) is 0 Å². The van der Waals surface area contributed by atoms with Crippen LogP contribution in [-0.4, -0.2) is 18.3 Å². The molecule has 1 aliphatic heterocycles. The molecule has 1 N–H and O–H groups in total. The van der Waals surface area contributed by atoms with Crippen molar-refractivity contribution < 1.29 is 5.11 Å². The third-order valence-corrected chi connectivity index (χ3v) is 4.00. The highest BCUT2D eigenvalue weighted by Gasteiger charge is 2.22. The van der Waals surface area contributed by atoms with E-state index in [-0.39, 0.29) is 6.61 Å². The maximum atomic E-state index is 9.03. The predicted molar refractivity (Wildman–Crippen MR) is 78.8 cm³/mol. The van der Waals surface area contributed by atoms with Crippen LogP contribution in [0.2, 0.25) is 0 Å². The number of hydrogen-bond donors (Lipinski definition) is 1. The highest BCUT2D eigenvalue weighted by molar-refractivity contribution is 8.03. The number of aliphatic hydroxyl groups excluding tert-OH is 1. The third kappa shape index (κ3) is 2.37. The topological polar surface area (TPSA) is 23.5 Å². The van der Waals surface area contributed by atoms with Gasteiger partial charge >= 0.3 is 0 Å². The minimum Gasteiger partial charge on any atom is -0.396 e. The quantitative estimate of drug-likeness (QED) is 0.874. The Labute approximate surface area is 112 Å². The minimum atomic E-state index is 0.194. The van der Waals surface area contributed by atoms with Crippen LogP contribution >= 0.6 is 11.8 Å². The van der Waals surface area contributed by atoms with Crippen molar-refractivity contribution in [1.82, 2.24) is 0 Å². The summed E-state index contributed by atoms with van der Waals surface area (Å²) in [7, 11) is 0. The molecule has 1 heterocycles. The molecular weight excluding hydrogens is 242 g/mol. The number of rotatable bonds is 5. The molecule has 18 heavy (non-hydrogen) atoms. The molecule has 2 nitrogen and oxygen atoms in total. The molecule has 0 amide bonds. The van der Waals surface area contributed by atoms with Gasteiger partial charge in [-0.3, -0.25) is 0 Å². The van der Waals surface area contributed by atoms with E-state index in [1.807, 2.05) is 24.3 Å². The zero-order valence-corrected chi connectivity index (χ0v) is 11.1. The number of thioether (sulfide) groups is 1. The number of allylic oxidation sites excluding steroid dienone is 2. The third-order valence-electron chi connectivity index (χ3n) is 2.84. The Bertz CT molecular complexity index is 493. The lowest BCUT2D eigenvalue weighted by Gasteiger charge is -2.33. The van der Waals surface area contributed by atoms with Crippen molar-refractivity contribution in [2.24, 2.45) is 0 Å². The maximum Gasteiger partial charge on any atom is 0.0552 e. The van der Waals surface area contributed by atoms with Gasteiger partial charge in [0, 0.05) is 23.0 Å². The van der Waals surface area contributed by atoms with E-state index in [1.54, 1.807) is 11.8 Å². The molecule has 0 saturated carbocycles. The van der Waals surface area contributed by atoms with E-state index in [0.717, 1.165) is 23.6 Å². The van der Waals surface area contributed by atoms with E-state index < -0.39 is 0 Å². The van der Waals surface area contributed by atoms with Gasteiger partial charge in [-0.25, -0.2) is 0 Å². The van der Waals surface area contributed by atoms with Crippen molar-refractivity contribution in [1.29, 1.82) is 0 Å². The minimum absolute atomic E-state index is 0.194. The van der Waals surface area contributed by atoms with Crippen molar-refractivity contribution in [3.8, 4) is 0 Å². The summed E-state index contributed by atoms with van der Waals surface area (Å²) in [4.78, 5) is 4.53. The second-order valence-corrected chi connectivity index (χ2v) is 5.04. The smallest absolute Gasteiger partial charge is 0.0552 e. The van der Waals surface area contributed by atoms with Crippen molar-refractivity contribution in [2.75, 3.05) is 18.1 Å².